The molecule has 7 atom stereocenters. The van der Waals surface area contributed by atoms with Crippen LogP contribution in [0.1, 0.15) is 28.9 Å². The van der Waals surface area contributed by atoms with Crippen molar-refractivity contribution < 1.29 is 54.8 Å². The van der Waals surface area contributed by atoms with Gasteiger partial charge in [-0.3, -0.25) is 4.79 Å². The topological polar surface area (TPSA) is 186 Å². The number of rotatable bonds is 3. The Hall–Kier alpha value is -3.09. The molecule has 0 aliphatic carbocycles. The van der Waals surface area contributed by atoms with Crippen LogP contribution in [0.5, 0.6) is 28.7 Å². The fraction of sp³-hybridized carbons (Fsp3) is 0.381. The largest absolute Gasteiger partial charge is 0.508 e. The molecule has 2 aliphatic heterocycles. The minimum atomic E-state index is -1.71. The molecule has 2 heterocycles. The predicted molar refractivity (Wildman–Crippen MR) is 104 cm³/mol. The lowest BCUT2D eigenvalue weighted by Gasteiger charge is -2.42. The van der Waals surface area contributed by atoms with E-state index in [0.717, 1.165) is 18.2 Å². The summed E-state index contributed by atoms with van der Waals surface area (Å²) in [6, 6.07) is 5.72. The number of ketones is 1. The molecule has 11 heteroatoms. The third kappa shape index (κ3) is 3.70. The van der Waals surface area contributed by atoms with Crippen molar-refractivity contribution >= 4 is 5.78 Å². The lowest BCUT2D eigenvalue weighted by molar-refractivity contribution is -0.304. The smallest absolute Gasteiger partial charge is 0.203 e. The molecule has 0 radical (unpaired) electrons. The number of aromatic hydroxyl groups is 4. The van der Waals surface area contributed by atoms with Gasteiger partial charge in [-0.1, -0.05) is 6.07 Å². The molecule has 0 aromatic heterocycles. The summed E-state index contributed by atoms with van der Waals surface area (Å²) in [7, 11) is 0. The van der Waals surface area contributed by atoms with Crippen LogP contribution in [0.4, 0.5) is 0 Å². The number of phenolic OH excluding ortho intramolecular Hbond substituents is 4. The minimum absolute atomic E-state index is 0.154. The number of hydrogen-bond donors (Lipinski definition) is 7. The molecule has 0 unspecified atom stereocenters. The van der Waals surface area contributed by atoms with Crippen LogP contribution in [0.15, 0.2) is 30.3 Å². The van der Waals surface area contributed by atoms with Crippen molar-refractivity contribution in [3.8, 4) is 28.7 Å². The highest BCUT2D eigenvalue weighted by Gasteiger charge is 2.48. The van der Waals surface area contributed by atoms with Gasteiger partial charge in [-0.25, -0.2) is 0 Å². The van der Waals surface area contributed by atoms with E-state index in [1.54, 1.807) is 0 Å². The van der Waals surface area contributed by atoms with Crippen molar-refractivity contribution in [1.82, 2.24) is 0 Å². The fourth-order valence-electron chi connectivity index (χ4n) is 3.77. The van der Waals surface area contributed by atoms with Crippen molar-refractivity contribution in [3.63, 3.8) is 0 Å². The van der Waals surface area contributed by atoms with Crippen LogP contribution < -0.4 is 4.74 Å². The van der Waals surface area contributed by atoms with E-state index >= 15 is 0 Å². The molecule has 32 heavy (non-hydrogen) atoms. The maximum absolute atomic E-state index is 13.3. The Labute approximate surface area is 181 Å². The quantitative estimate of drug-likeness (QED) is 0.313. The minimum Gasteiger partial charge on any atom is -0.508 e. The van der Waals surface area contributed by atoms with Gasteiger partial charge in [0.25, 0.3) is 0 Å². The normalized spacial score (nSPS) is 32.2. The average Bonchev–Trinajstić information content (AvgIpc) is 2.73. The zero-order valence-electron chi connectivity index (χ0n) is 16.7. The molecule has 2 aromatic carbocycles. The second kappa shape index (κ2) is 8.11. The van der Waals surface area contributed by atoms with Gasteiger partial charge in [0.15, 0.2) is 30.0 Å². The zero-order valence-corrected chi connectivity index (χ0v) is 16.7. The van der Waals surface area contributed by atoms with E-state index in [4.69, 9.17) is 14.2 Å². The Morgan fingerprint density at radius 1 is 0.875 bits per heavy atom. The van der Waals surface area contributed by atoms with Gasteiger partial charge in [-0.2, -0.15) is 0 Å². The van der Waals surface area contributed by atoms with Gasteiger partial charge in [-0.15, -0.1) is 0 Å². The van der Waals surface area contributed by atoms with Crippen molar-refractivity contribution in [2.75, 3.05) is 0 Å². The van der Waals surface area contributed by atoms with Crippen molar-refractivity contribution in [1.29, 1.82) is 0 Å². The van der Waals surface area contributed by atoms with E-state index in [2.05, 4.69) is 0 Å². The van der Waals surface area contributed by atoms with Crippen LogP contribution in [0, 0.1) is 0 Å². The maximum atomic E-state index is 13.3. The molecule has 0 saturated carbocycles. The Balaban J connectivity index is 1.75. The summed E-state index contributed by atoms with van der Waals surface area (Å²) in [6.45, 7) is 1.44. The second-order valence-electron chi connectivity index (χ2n) is 7.73. The van der Waals surface area contributed by atoms with Gasteiger partial charge in [-0.05, 0) is 24.6 Å². The number of benzene rings is 2. The van der Waals surface area contributed by atoms with Gasteiger partial charge in [0, 0.05) is 12.1 Å². The second-order valence-corrected chi connectivity index (χ2v) is 7.73. The van der Waals surface area contributed by atoms with Crippen LogP contribution in [0.3, 0.4) is 0 Å². The van der Waals surface area contributed by atoms with Crippen LogP contribution in [-0.4, -0.2) is 78.3 Å². The molecule has 1 saturated heterocycles. The standard InChI is InChI=1S/C21H22O11/c1-7-15(26)17(28)18(29)21(30-7)32-20-16(27)14-12(25)5-9(22)6-13(14)31-19(20)8-2-3-10(23)11(24)4-8/h2-7,15,17-26,28-29H,1H3/t7-,15-,17+,18-,19+,20+,21-/m0/s1. The van der Waals surface area contributed by atoms with E-state index in [-0.39, 0.29) is 22.6 Å². The highest BCUT2D eigenvalue weighted by Crippen LogP contribution is 2.44. The van der Waals surface area contributed by atoms with Gasteiger partial charge in [0.05, 0.1) is 6.10 Å². The Bertz CT molecular complexity index is 1040. The molecule has 172 valence electrons. The summed E-state index contributed by atoms with van der Waals surface area (Å²) in [4.78, 5) is 13.3. The summed E-state index contributed by atoms with van der Waals surface area (Å²) < 4.78 is 16.9. The van der Waals surface area contributed by atoms with Crippen LogP contribution in [-0.2, 0) is 9.47 Å². The fourth-order valence-corrected chi connectivity index (χ4v) is 3.77. The molecular formula is C21H22O11. The van der Waals surface area contributed by atoms with Gasteiger partial charge < -0.3 is 50.0 Å². The van der Waals surface area contributed by atoms with E-state index in [1.807, 2.05) is 0 Å². The van der Waals surface area contributed by atoms with Gasteiger partial charge in [0.1, 0.15) is 41.1 Å². The van der Waals surface area contributed by atoms with Crippen LogP contribution >= 0.6 is 0 Å². The third-order valence-corrected chi connectivity index (χ3v) is 5.52. The van der Waals surface area contributed by atoms with E-state index in [0.29, 0.717) is 0 Å². The SMILES string of the molecule is C[C@@H]1O[C@@H](O[C@@H]2C(=O)c3c(O)cc(O)cc3O[C@@H]2c2ccc(O)c(O)c2)[C@@H](O)[C@H](O)[C@H]1O. The van der Waals surface area contributed by atoms with Gasteiger partial charge >= 0.3 is 0 Å². The lowest BCUT2D eigenvalue weighted by Crippen LogP contribution is -2.59. The van der Waals surface area contributed by atoms with E-state index in [9.17, 15) is 40.5 Å². The number of fused-ring (bicyclic) bond motifs is 1. The summed E-state index contributed by atoms with van der Waals surface area (Å²) in [6.07, 6.45) is -10.0. The molecule has 1 fully saturated rings. The van der Waals surface area contributed by atoms with Gasteiger partial charge in [0.2, 0.25) is 5.78 Å². The average molecular weight is 450 g/mol. The predicted octanol–water partition coefficient (Wildman–Crippen LogP) is 0.0381. The van der Waals surface area contributed by atoms with E-state index in [1.165, 1.54) is 19.1 Å². The Morgan fingerprint density at radius 3 is 2.28 bits per heavy atom. The van der Waals surface area contributed by atoms with E-state index < -0.39 is 65.9 Å². The Morgan fingerprint density at radius 2 is 1.59 bits per heavy atom. The highest BCUT2D eigenvalue weighted by atomic mass is 16.7. The molecule has 11 nitrogen and oxygen atoms in total. The molecular weight excluding hydrogens is 428 g/mol. The molecule has 0 bridgehead atoms. The van der Waals surface area contributed by atoms with Crippen LogP contribution in [0.25, 0.3) is 0 Å². The molecule has 2 aromatic rings. The summed E-state index contributed by atoms with van der Waals surface area (Å²) in [5, 5.41) is 69.7. The molecule has 4 rings (SSSR count). The summed E-state index contributed by atoms with van der Waals surface area (Å²) >= 11 is 0. The van der Waals surface area contributed by atoms with Crippen LogP contribution in [0.2, 0.25) is 0 Å². The monoisotopic (exact) mass is 450 g/mol. The number of aliphatic hydroxyl groups excluding tert-OH is 3. The number of aliphatic hydroxyl groups is 3. The summed E-state index contributed by atoms with van der Waals surface area (Å²) in [5.74, 6) is -2.79. The molecule has 2 aliphatic rings. The number of phenols is 4. The first-order valence-electron chi connectivity index (χ1n) is 9.72. The number of Topliss-reactive ketones (excluding diaryl/α,β-unsaturated/α-hetero) is 1. The first-order chi connectivity index (χ1) is 15.1. The molecule has 0 amide bonds. The number of carbonyl (C=O) groups excluding carboxylic acids is 1. The first kappa shape index (κ1) is 22.1. The number of carbonyl (C=O) groups is 1. The maximum Gasteiger partial charge on any atom is 0.203 e. The zero-order chi connectivity index (χ0) is 23.3. The highest BCUT2D eigenvalue weighted by molar-refractivity contribution is 6.05. The van der Waals surface area contributed by atoms with Crippen molar-refractivity contribution in [2.24, 2.45) is 0 Å². The third-order valence-electron chi connectivity index (χ3n) is 5.52. The number of hydrogen-bond acceptors (Lipinski definition) is 11. The summed E-state index contributed by atoms with van der Waals surface area (Å²) in [5.41, 5.74) is -0.1000. The molecule has 7 N–H and O–H groups in total. The van der Waals surface area contributed by atoms with Crippen molar-refractivity contribution in [3.05, 3.63) is 41.5 Å². The lowest BCUT2D eigenvalue weighted by atomic mass is 9.92. The Kier molecular flexibility index (Phi) is 5.61. The number of ether oxygens (including phenoxy) is 3. The molecule has 0 spiro atoms. The first-order valence-corrected chi connectivity index (χ1v) is 9.72. The van der Waals surface area contributed by atoms with Crippen molar-refractivity contribution in [2.45, 2.75) is 49.8 Å².